The van der Waals surface area contributed by atoms with Crippen LogP contribution in [-0.2, 0) is 23.9 Å². The molecule has 0 unspecified atom stereocenters. The molecule has 8 heteroatoms. The molecule has 0 aromatic carbocycles. The van der Waals surface area contributed by atoms with Gasteiger partial charge in [0.2, 0.25) is 5.91 Å². The van der Waals surface area contributed by atoms with Gasteiger partial charge in [-0.1, -0.05) is 67.9 Å². The van der Waals surface area contributed by atoms with E-state index in [2.05, 4.69) is 53.8 Å². The molecule has 0 aromatic heterocycles. The molecule has 0 aliphatic heterocycles. The molecule has 0 bridgehead atoms. The van der Waals surface area contributed by atoms with Crippen molar-refractivity contribution >= 4 is 23.6 Å². The summed E-state index contributed by atoms with van der Waals surface area (Å²) in [5, 5.41) is 12.8. The van der Waals surface area contributed by atoms with E-state index >= 15 is 0 Å². The van der Waals surface area contributed by atoms with Gasteiger partial charge in [0.1, 0.15) is 6.10 Å². The van der Waals surface area contributed by atoms with Gasteiger partial charge < -0.3 is 20.9 Å². The van der Waals surface area contributed by atoms with Gasteiger partial charge in [-0.3, -0.25) is 19.2 Å². The number of carbonyl (C=O) groups excluding carboxylic acids is 3. The Bertz CT molecular complexity index is 1570. The molecule has 0 radical (unpaired) electrons. The van der Waals surface area contributed by atoms with Gasteiger partial charge >= 0.3 is 11.9 Å². The van der Waals surface area contributed by atoms with Crippen LogP contribution in [0.3, 0.4) is 0 Å². The average Bonchev–Trinajstić information content (AvgIpc) is 3.31. The number of ether oxygens (including phenoxy) is 1. The maximum Gasteiger partial charge on any atom is 0.309 e. The number of amides is 1. The van der Waals surface area contributed by atoms with Gasteiger partial charge in [0.15, 0.2) is 5.78 Å². The molecular weight excluding hydrogens is 652 g/mol. The molecule has 52 heavy (non-hydrogen) atoms. The summed E-state index contributed by atoms with van der Waals surface area (Å²) >= 11 is 0. The Morgan fingerprint density at radius 1 is 0.846 bits per heavy atom. The summed E-state index contributed by atoms with van der Waals surface area (Å²) in [7, 11) is 0. The zero-order chi connectivity index (χ0) is 38.0. The highest BCUT2D eigenvalue weighted by Crippen LogP contribution is 2.77. The molecule has 7 aliphatic carbocycles. The largest absolute Gasteiger partial charge is 0.481 e. The first-order chi connectivity index (χ1) is 24.1. The zero-order valence-electron chi connectivity index (χ0n) is 33.7. The molecule has 4 N–H and O–H groups in total. The summed E-state index contributed by atoms with van der Waals surface area (Å²) in [6.45, 7) is 20.9. The molecule has 0 aromatic rings. The number of carboxylic acid groups (broad SMARTS) is 1. The summed E-state index contributed by atoms with van der Waals surface area (Å²) < 4.78 is 6.41. The topological polar surface area (TPSA) is 136 Å². The molecule has 1 amide bonds. The Balaban J connectivity index is 1.13. The predicted octanol–water partition coefficient (Wildman–Crippen LogP) is 8.01. The van der Waals surface area contributed by atoms with Crippen molar-refractivity contribution < 1.29 is 29.0 Å². The Labute approximate surface area is 312 Å². The number of fused-ring (bicyclic) bond motifs is 7. The number of hydrogen-bond acceptors (Lipinski definition) is 6. The second-order valence-electron chi connectivity index (χ2n) is 21.4. The van der Waals surface area contributed by atoms with Crippen molar-refractivity contribution in [3.8, 4) is 0 Å². The van der Waals surface area contributed by atoms with Crippen LogP contribution in [0.25, 0.3) is 0 Å². The van der Waals surface area contributed by atoms with Crippen LogP contribution >= 0.6 is 0 Å². The molecule has 7 aliphatic rings. The number of nitrogens with two attached hydrogens (primary N) is 1. The van der Waals surface area contributed by atoms with E-state index in [4.69, 9.17) is 10.5 Å². The lowest BCUT2D eigenvalue weighted by atomic mass is 9.33. The summed E-state index contributed by atoms with van der Waals surface area (Å²) in [5.74, 6) is -0.285. The summed E-state index contributed by atoms with van der Waals surface area (Å²) in [6, 6.07) is 0. The maximum atomic E-state index is 14.0. The highest BCUT2D eigenvalue weighted by molar-refractivity contribution is 6.01. The fraction of sp³-hybridized carbons (Fsp3) is 0.864. The number of ketones is 1. The van der Waals surface area contributed by atoms with E-state index in [-0.39, 0.29) is 74.1 Å². The minimum absolute atomic E-state index is 0.0150. The zero-order valence-corrected chi connectivity index (χ0v) is 33.7. The van der Waals surface area contributed by atoms with E-state index in [0.717, 1.165) is 76.2 Å². The number of carboxylic acids is 1. The Hall–Kier alpha value is -2.22. The van der Waals surface area contributed by atoms with Gasteiger partial charge in [-0.25, -0.2) is 0 Å². The lowest BCUT2D eigenvalue weighted by molar-refractivity contribution is -0.236. The first-order valence-electron chi connectivity index (χ1n) is 20.8. The molecule has 6 saturated carbocycles. The SMILES string of the molecule is CC(C)C1=C2[C@H]3CC[C@@H]4[C@@]5(C)CC[C@H](OC(=O)[C@H]6C[C@@H](C(=O)O)C6(C)C)C(C)(C)[C@@H]5CC[C@@]4(C)[C@]3(C)CC[C@@]2(CC(=O)NCC2(N)CCC2)CC1=O. The molecule has 10 atom stereocenters. The van der Waals surface area contributed by atoms with E-state index in [1.54, 1.807) is 0 Å². The van der Waals surface area contributed by atoms with Crippen LogP contribution in [0, 0.1) is 68.0 Å². The standard InChI is InChI=1S/C44H68N2O6/c1-25(2)34-29(47)22-43(23-33(48)46-24-44(45)15-10-16-44)20-19-41(8)26(35(34)43)11-12-31-40(7)17-14-32(39(5,6)30(40)13-18-42(31,41)9)52-37(51)28-21-27(36(49)50)38(28,3)4/h25-28,30-32H,10-24,45H2,1-9H3,(H,46,48)(H,49,50)/t26-,27+,28-,30+,31-,32+,40+,41-,42-,43+/m1/s1. The van der Waals surface area contributed by atoms with Crippen LogP contribution in [0.15, 0.2) is 11.1 Å². The smallest absolute Gasteiger partial charge is 0.309 e. The van der Waals surface area contributed by atoms with E-state index in [0.29, 0.717) is 37.6 Å². The van der Waals surface area contributed by atoms with Crippen LogP contribution in [0.2, 0.25) is 0 Å². The number of esters is 1. The third kappa shape index (κ3) is 5.28. The first kappa shape index (κ1) is 38.1. The minimum atomic E-state index is -0.828. The van der Waals surface area contributed by atoms with Gasteiger partial charge in [0, 0.05) is 35.8 Å². The van der Waals surface area contributed by atoms with Gasteiger partial charge in [0.05, 0.1) is 11.8 Å². The van der Waals surface area contributed by atoms with Gasteiger partial charge in [-0.15, -0.1) is 0 Å². The molecule has 8 nitrogen and oxygen atoms in total. The van der Waals surface area contributed by atoms with E-state index in [1.165, 1.54) is 5.57 Å². The van der Waals surface area contributed by atoms with Crippen LogP contribution in [0.1, 0.15) is 152 Å². The second kappa shape index (κ2) is 12.1. The third-order valence-electron chi connectivity index (χ3n) is 18.1. The van der Waals surface area contributed by atoms with E-state index < -0.39 is 17.3 Å². The third-order valence-corrected chi connectivity index (χ3v) is 18.1. The average molecular weight is 721 g/mol. The normalized spacial score (nSPS) is 43.9. The highest BCUT2D eigenvalue weighted by Gasteiger charge is 2.70. The molecule has 290 valence electrons. The molecular formula is C44H68N2O6. The summed E-state index contributed by atoms with van der Waals surface area (Å²) in [5.41, 5.74) is 7.56. The van der Waals surface area contributed by atoms with Crippen LogP contribution in [0.5, 0.6) is 0 Å². The van der Waals surface area contributed by atoms with E-state index in [9.17, 15) is 24.3 Å². The Morgan fingerprint density at radius 2 is 1.54 bits per heavy atom. The number of Topliss-reactive ketones (excluding diaryl/α,β-unsaturated/α-hetero) is 1. The lowest BCUT2D eigenvalue weighted by Gasteiger charge is -2.72. The van der Waals surface area contributed by atoms with Crippen LogP contribution in [0.4, 0.5) is 0 Å². The van der Waals surface area contributed by atoms with Crippen molar-refractivity contribution in [3.63, 3.8) is 0 Å². The highest BCUT2D eigenvalue weighted by atomic mass is 16.5. The monoisotopic (exact) mass is 721 g/mol. The van der Waals surface area contributed by atoms with Crippen molar-refractivity contribution in [1.29, 1.82) is 0 Å². The maximum absolute atomic E-state index is 14.0. The second-order valence-corrected chi connectivity index (χ2v) is 21.4. The number of aliphatic carboxylic acids is 1. The Kier molecular flexibility index (Phi) is 8.89. The Morgan fingerprint density at radius 3 is 2.13 bits per heavy atom. The molecule has 0 spiro atoms. The van der Waals surface area contributed by atoms with Crippen molar-refractivity contribution in [2.75, 3.05) is 6.54 Å². The minimum Gasteiger partial charge on any atom is -0.481 e. The molecule has 7 rings (SSSR count). The number of allylic oxidation sites excluding steroid dienone is 2. The quantitative estimate of drug-likeness (QED) is 0.216. The molecule has 6 fully saturated rings. The number of hydrogen-bond donors (Lipinski definition) is 3. The number of carbonyl (C=O) groups is 4. The fourth-order valence-electron chi connectivity index (χ4n) is 14.6. The molecule has 0 saturated heterocycles. The van der Waals surface area contributed by atoms with E-state index in [1.807, 2.05) is 13.8 Å². The fourth-order valence-corrected chi connectivity index (χ4v) is 14.6. The van der Waals surface area contributed by atoms with Crippen molar-refractivity contribution in [3.05, 3.63) is 11.1 Å². The predicted molar refractivity (Wildman–Crippen MR) is 201 cm³/mol. The van der Waals surface area contributed by atoms with Gasteiger partial charge in [0.25, 0.3) is 0 Å². The molecule has 0 heterocycles. The van der Waals surface area contributed by atoms with Crippen LogP contribution < -0.4 is 11.1 Å². The summed E-state index contributed by atoms with van der Waals surface area (Å²) in [4.78, 5) is 53.0. The first-order valence-corrected chi connectivity index (χ1v) is 20.8. The lowest BCUT2D eigenvalue weighted by Crippen LogP contribution is -2.66. The summed E-state index contributed by atoms with van der Waals surface area (Å²) in [6.07, 6.45) is 12.1. The van der Waals surface area contributed by atoms with Gasteiger partial charge in [-0.05, 0) is 128 Å². The van der Waals surface area contributed by atoms with Crippen LogP contribution in [-0.4, -0.2) is 46.9 Å². The van der Waals surface area contributed by atoms with Crippen molar-refractivity contribution in [2.24, 2.45) is 73.7 Å². The van der Waals surface area contributed by atoms with Gasteiger partial charge in [-0.2, -0.15) is 0 Å². The van der Waals surface area contributed by atoms with Crippen molar-refractivity contribution in [2.45, 2.75) is 164 Å². The number of rotatable bonds is 8. The number of nitrogens with one attached hydrogen (secondary N) is 1. The van der Waals surface area contributed by atoms with Crippen molar-refractivity contribution in [1.82, 2.24) is 5.32 Å².